The first-order valence-electron chi connectivity index (χ1n) is 6.95. The Morgan fingerprint density at radius 3 is 3.15 bits per heavy atom. The van der Waals surface area contributed by atoms with E-state index in [2.05, 4.69) is 42.2 Å². The highest BCUT2D eigenvalue weighted by molar-refractivity contribution is 5.88. The Morgan fingerprint density at radius 2 is 2.35 bits per heavy atom. The number of hydrogen-bond acceptors (Lipinski definition) is 3. The van der Waals surface area contributed by atoms with Crippen LogP contribution in [-0.4, -0.2) is 24.9 Å². The highest BCUT2D eigenvalue weighted by Crippen LogP contribution is 2.39. The van der Waals surface area contributed by atoms with Crippen molar-refractivity contribution in [2.75, 3.05) is 13.7 Å². The van der Waals surface area contributed by atoms with Gasteiger partial charge in [0.2, 0.25) is 0 Å². The second kappa shape index (κ2) is 4.94. The van der Waals surface area contributed by atoms with Gasteiger partial charge >= 0.3 is 0 Å². The number of aromatic nitrogens is 1. The van der Waals surface area contributed by atoms with Gasteiger partial charge in [0.1, 0.15) is 12.7 Å². The number of para-hydroxylation sites is 1. The molecule has 1 N–H and O–H groups in total. The van der Waals surface area contributed by atoms with E-state index in [1.165, 1.54) is 27.7 Å². The van der Waals surface area contributed by atoms with Gasteiger partial charge in [-0.25, -0.2) is 0 Å². The molecule has 1 aliphatic heterocycles. The summed E-state index contributed by atoms with van der Waals surface area (Å²) >= 11 is 0. The monoisotopic (exact) mass is 272 g/mol. The van der Waals surface area contributed by atoms with Crippen molar-refractivity contribution in [2.24, 2.45) is 5.16 Å². The van der Waals surface area contributed by atoms with E-state index in [-0.39, 0.29) is 5.60 Å². The van der Waals surface area contributed by atoms with Gasteiger partial charge in [0.15, 0.2) is 0 Å². The second-order valence-electron chi connectivity index (χ2n) is 5.48. The van der Waals surface area contributed by atoms with Gasteiger partial charge in [0.05, 0.1) is 12.3 Å². The smallest absolute Gasteiger partial charge is 0.110 e. The lowest BCUT2D eigenvalue weighted by atomic mass is 9.90. The van der Waals surface area contributed by atoms with Gasteiger partial charge in [0, 0.05) is 23.5 Å². The number of hydrogen-bond donors (Lipinski definition) is 1. The number of aryl methyl sites for hydroxylation is 1. The molecule has 106 valence electrons. The number of H-pyrrole nitrogens is 1. The van der Waals surface area contributed by atoms with Gasteiger partial charge in [-0.3, -0.25) is 0 Å². The molecule has 4 nitrogen and oxygen atoms in total. The van der Waals surface area contributed by atoms with Crippen LogP contribution in [0.15, 0.2) is 23.4 Å². The molecule has 0 aliphatic carbocycles. The topological polar surface area (TPSA) is 46.6 Å². The minimum atomic E-state index is -0.360. The van der Waals surface area contributed by atoms with Gasteiger partial charge in [0.25, 0.3) is 0 Å². The number of nitrogens with zero attached hydrogens (tertiary/aromatic N) is 1. The molecule has 1 aromatic heterocycles. The normalized spacial score (nSPS) is 22.4. The summed E-state index contributed by atoms with van der Waals surface area (Å²) in [6, 6.07) is 6.44. The van der Waals surface area contributed by atoms with E-state index in [4.69, 9.17) is 9.57 Å². The minimum absolute atomic E-state index is 0.360. The molecule has 1 atom stereocenters. The summed E-state index contributed by atoms with van der Waals surface area (Å²) in [4.78, 5) is 8.32. The van der Waals surface area contributed by atoms with Gasteiger partial charge in [-0.05, 0) is 31.4 Å². The fraction of sp³-hybridized carbons (Fsp3) is 0.438. The average Bonchev–Trinajstić information content (AvgIpc) is 2.82. The zero-order chi connectivity index (χ0) is 14.2. The quantitative estimate of drug-likeness (QED) is 0.688. The molecule has 0 fully saturated rings. The third-order valence-corrected chi connectivity index (χ3v) is 4.11. The average molecular weight is 272 g/mol. The number of nitrogens with one attached hydrogen (secondary N) is 1. The number of benzene rings is 1. The molecular weight excluding hydrogens is 252 g/mol. The van der Waals surface area contributed by atoms with Crippen molar-refractivity contribution in [3.63, 3.8) is 0 Å². The third-order valence-electron chi connectivity index (χ3n) is 4.11. The molecule has 0 unspecified atom stereocenters. The Kier molecular flexibility index (Phi) is 3.26. The minimum Gasteiger partial charge on any atom is -0.399 e. The first-order valence-corrected chi connectivity index (χ1v) is 6.95. The summed E-state index contributed by atoms with van der Waals surface area (Å²) in [5.74, 6) is 0. The fourth-order valence-corrected chi connectivity index (χ4v) is 3.03. The highest BCUT2D eigenvalue weighted by Gasteiger charge is 2.35. The summed E-state index contributed by atoms with van der Waals surface area (Å²) in [5, 5.41) is 5.15. The Morgan fingerprint density at radius 1 is 1.50 bits per heavy atom. The lowest BCUT2D eigenvalue weighted by Crippen LogP contribution is -2.33. The second-order valence-corrected chi connectivity index (χ2v) is 5.48. The van der Waals surface area contributed by atoms with Crippen LogP contribution in [-0.2, 0) is 21.6 Å². The molecule has 0 spiro atoms. The summed E-state index contributed by atoms with van der Waals surface area (Å²) in [5.41, 5.74) is 4.68. The SMILES string of the molecule is CON=CC[C@@]1(C)OCCc2c1[nH]c1c(C)cccc21. The van der Waals surface area contributed by atoms with Gasteiger partial charge in [-0.1, -0.05) is 23.4 Å². The summed E-state index contributed by atoms with van der Waals surface area (Å²) < 4.78 is 6.03. The van der Waals surface area contributed by atoms with E-state index >= 15 is 0 Å². The molecule has 1 aromatic carbocycles. The Hall–Kier alpha value is -1.81. The molecule has 20 heavy (non-hydrogen) atoms. The van der Waals surface area contributed by atoms with Crippen LogP contribution < -0.4 is 0 Å². The molecule has 0 saturated heterocycles. The molecule has 0 saturated carbocycles. The lowest BCUT2D eigenvalue weighted by molar-refractivity contribution is -0.0428. The summed E-state index contributed by atoms with van der Waals surface area (Å²) in [6.07, 6.45) is 3.42. The number of oxime groups is 1. The van der Waals surface area contributed by atoms with E-state index in [9.17, 15) is 0 Å². The van der Waals surface area contributed by atoms with Crippen LogP contribution in [0.4, 0.5) is 0 Å². The van der Waals surface area contributed by atoms with E-state index in [0.29, 0.717) is 6.42 Å². The van der Waals surface area contributed by atoms with Crippen molar-refractivity contribution in [1.29, 1.82) is 0 Å². The third kappa shape index (κ3) is 2.00. The number of aromatic amines is 1. The van der Waals surface area contributed by atoms with Crippen molar-refractivity contribution in [3.05, 3.63) is 35.0 Å². The zero-order valence-corrected chi connectivity index (χ0v) is 12.2. The molecule has 4 heteroatoms. The van der Waals surface area contributed by atoms with Crippen molar-refractivity contribution in [3.8, 4) is 0 Å². The van der Waals surface area contributed by atoms with Crippen LogP contribution >= 0.6 is 0 Å². The molecular formula is C16H20N2O2. The zero-order valence-electron chi connectivity index (χ0n) is 12.2. The molecule has 2 heterocycles. The molecule has 2 aromatic rings. The predicted octanol–water partition coefficient (Wildman–Crippen LogP) is 3.29. The van der Waals surface area contributed by atoms with Crippen LogP contribution in [0.3, 0.4) is 0 Å². The van der Waals surface area contributed by atoms with Crippen LogP contribution in [0.25, 0.3) is 10.9 Å². The highest BCUT2D eigenvalue weighted by atomic mass is 16.6. The maximum atomic E-state index is 6.03. The first-order chi connectivity index (χ1) is 9.65. The van der Waals surface area contributed by atoms with Crippen LogP contribution in [0.1, 0.15) is 30.2 Å². The summed E-state index contributed by atoms with van der Waals surface area (Å²) in [7, 11) is 1.55. The van der Waals surface area contributed by atoms with Crippen molar-refractivity contribution >= 4 is 17.1 Å². The molecule has 1 aliphatic rings. The number of fused-ring (bicyclic) bond motifs is 3. The summed E-state index contributed by atoms with van der Waals surface area (Å²) in [6.45, 7) is 4.98. The lowest BCUT2D eigenvalue weighted by Gasteiger charge is -2.33. The van der Waals surface area contributed by atoms with Gasteiger partial charge < -0.3 is 14.6 Å². The Balaban J connectivity index is 2.11. The fourth-order valence-electron chi connectivity index (χ4n) is 3.03. The molecule has 0 amide bonds. The van der Waals surface area contributed by atoms with E-state index in [1.807, 2.05) is 0 Å². The molecule has 0 radical (unpaired) electrons. The number of ether oxygens (including phenoxy) is 1. The van der Waals surface area contributed by atoms with Crippen molar-refractivity contribution < 1.29 is 9.57 Å². The van der Waals surface area contributed by atoms with Crippen LogP contribution in [0.2, 0.25) is 0 Å². The first kappa shape index (κ1) is 13.2. The van der Waals surface area contributed by atoms with Crippen LogP contribution in [0.5, 0.6) is 0 Å². The van der Waals surface area contributed by atoms with Crippen molar-refractivity contribution in [1.82, 2.24) is 4.98 Å². The van der Waals surface area contributed by atoms with Crippen molar-refractivity contribution in [2.45, 2.75) is 32.3 Å². The predicted molar refractivity (Wildman–Crippen MR) is 80.2 cm³/mol. The Labute approximate surface area is 118 Å². The maximum absolute atomic E-state index is 6.03. The van der Waals surface area contributed by atoms with Gasteiger partial charge in [-0.2, -0.15) is 0 Å². The molecule has 3 rings (SSSR count). The van der Waals surface area contributed by atoms with E-state index in [0.717, 1.165) is 13.0 Å². The standard InChI is InChI=1S/C16H20N2O2/c1-11-5-4-6-12-13-7-10-20-16(2,8-9-17-19-3)15(13)18-14(11)12/h4-6,9,18H,7-8,10H2,1-3H3/t16-/m1/s1. The maximum Gasteiger partial charge on any atom is 0.110 e. The largest absolute Gasteiger partial charge is 0.399 e. The van der Waals surface area contributed by atoms with Gasteiger partial charge in [-0.15, -0.1) is 0 Å². The van der Waals surface area contributed by atoms with Crippen LogP contribution in [0, 0.1) is 6.92 Å². The Bertz CT molecular complexity index is 660. The van der Waals surface area contributed by atoms with E-state index in [1.54, 1.807) is 13.3 Å². The molecule has 0 bridgehead atoms. The van der Waals surface area contributed by atoms with E-state index < -0.39 is 0 Å². The number of rotatable bonds is 3.